The van der Waals surface area contributed by atoms with Gasteiger partial charge < -0.3 is 14.7 Å². The normalized spacial score (nSPS) is 25.7. The number of likely N-dealkylation sites (tertiary alicyclic amines) is 2. The monoisotopic (exact) mass is 270 g/mol. The van der Waals surface area contributed by atoms with Crippen LogP contribution < -0.4 is 0 Å². The van der Waals surface area contributed by atoms with Crippen LogP contribution in [0.25, 0.3) is 0 Å². The summed E-state index contributed by atoms with van der Waals surface area (Å²) in [5.41, 5.74) is 0. The molecule has 1 atom stereocenters. The van der Waals surface area contributed by atoms with Gasteiger partial charge in [-0.15, -0.1) is 0 Å². The fraction of sp³-hybridized carbons (Fsp3) is 0.846. The van der Waals surface area contributed by atoms with Crippen molar-refractivity contribution in [3.8, 4) is 0 Å². The van der Waals surface area contributed by atoms with Gasteiger partial charge in [-0.05, 0) is 32.2 Å². The van der Waals surface area contributed by atoms with Gasteiger partial charge in [-0.3, -0.25) is 14.5 Å². The average Bonchev–Trinajstić information content (AvgIpc) is 2.88. The van der Waals surface area contributed by atoms with Gasteiger partial charge in [0.2, 0.25) is 5.91 Å². The number of rotatable bonds is 4. The summed E-state index contributed by atoms with van der Waals surface area (Å²) in [6.07, 6.45) is 3.43. The lowest BCUT2D eigenvalue weighted by Gasteiger charge is -2.38. The molecule has 1 unspecified atom stereocenters. The van der Waals surface area contributed by atoms with Crippen molar-refractivity contribution in [3.05, 3.63) is 0 Å². The van der Waals surface area contributed by atoms with Gasteiger partial charge >= 0.3 is 5.97 Å². The minimum atomic E-state index is -0.713. The first kappa shape index (κ1) is 14.3. The molecule has 0 radical (unpaired) electrons. The Balaban J connectivity index is 1.86. The van der Waals surface area contributed by atoms with Gasteiger partial charge in [0.1, 0.15) is 12.6 Å². The average molecular weight is 270 g/mol. The molecular weight excluding hydrogens is 248 g/mol. The molecule has 0 aliphatic carbocycles. The number of carboxylic acids is 1. The number of carbonyl (C=O) groups is 2. The first-order valence-corrected chi connectivity index (χ1v) is 6.88. The van der Waals surface area contributed by atoms with Crippen LogP contribution >= 0.6 is 0 Å². The van der Waals surface area contributed by atoms with E-state index in [1.807, 2.05) is 4.90 Å². The first-order chi connectivity index (χ1) is 9.13. The zero-order chi connectivity index (χ0) is 13.8. The van der Waals surface area contributed by atoms with Crippen LogP contribution in [0.3, 0.4) is 0 Å². The highest BCUT2D eigenvalue weighted by Crippen LogP contribution is 2.26. The molecule has 6 heteroatoms. The Morgan fingerprint density at radius 1 is 1.21 bits per heavy atom. The predicted octanol–water partition coefficient (Wildman–Crippen LogP) is 0.173. The van der Waals surface area contributed by atoms with Crippen molar-refractivity contribution in [1.29, 1.82) is 0 Å². The second kappa shape index (κ2) is 6.34. The topological polar surface area (TPSA) is 70.1 Å². The Morgan fingerprint density at radius 2 is 1.89 bits per heavy atom. The number of carbonyl (C=O) groups excluding carboxylic acids is 1. The standard InChI is InChI=1S/C13H22N2O4/c1-19-9-12(16)14-7-4-10(5-8-14)15-6-2-3-11(15)13(17)18/h10-11H,2-9H2,1H3,(H,17,18). The Morgan fingerprint density at radius 3 is 2.47 bits per heavy atom. The maximum atomic E-state index is 11.7. The number of methoxy groups -OCH3 is 1. The van der Waals surface area contributed by atoms with E-state index in [4.69, 9.17) is 4.74 Å². The van der Waals surface area contributed by atoms with Crippen molar-refractivity contribution >= 4 is 11.9 Å². The summed E-state index contributed by atoms with van der Waals surface area (Å²) in [6.45, 7) is 2.41. The molecular formula is C13H22N2O4. The molecule has 19 heavy (non-hydrogen) atoms. The Labute approximate surface area is 113 Å². The van der Waals surface area contributed by atoms with Crippen molar-refractivity contribution in [1.82, 2.24) is 9.80 Å². The summed E-state index contributed by atoms with van der Waals surface area (Å²) in [5.74, 6) is -0.687. The summed E-state index contributed by atoms with van der Waals surface area (Å²) in [6, 6.07) is -0.0265. The van der Waals surface area contributed by atoms with Crippen LogP contribution in [0.5, 0.6) is 0 Å². The van der Waals surface area contributed by atoms with Gasteiger partial charge in [-0.25, -0.2) is 0 Å². The van der Waals surface area contributed by atoms with E-state index in [2.05, 4.69) is 4.90 Å². The summed E-state index contributed by atoms with van der Waals surface area (Å²) in [7, 11) is 1.52. The molecule has 0 aromatic rings. The molecule has 6 nitrogen and oxygen atoms in total. The lowest BCUT2D eigenvalue weighted by atomic mass is 10.0. The predicted molar refractivity (Wildman–Crippen MR) is 68.8 cm³/mol. The van der Waals surface area contributed by atoms with Crippen molar-refractivity contribution in [3.63, 3.8) is 0 Å². The number of hydrogen-bond donors (Lipinski definition) is 1. The molecule has 2 rings (SSSR count). The first-order valence-electron chi connectivity index (χ1n) is 6.88. The highest BCUT2D eigenvalue weighted by atomic mass is 16.5. The van der Waals surface area contributed by atoms with E-state index in [0.29, 0.717) is 19.1 Å². The van der Waals surface area contributed by atoms with Crippen molar-refractivity contribution in [2.45, 2.75) is 37.8 Å². The third-order valence-corrected chi connectivity index (χ3v) is 4.13. The maximum Gasteiger partial charge on any atom is 0.320 e. The van der Waals surface area contributed by atoms with Crippen LogP contribution in [-0.2, 0) is 14.3 Å². The highest BCUT2D eigenvalue weighted by molar-refractivity contribution is 5.77. The number of piperidine rings is 1. The lowest BCUT2D eigenvalue weighted by molar-refractivity contribution is -0.144. The van der Waals surface area contributed by atoms with Gasteiger partial charge in [0.05, 0.1) is 0 Å². The van der Waals surface area contributed by atoms with Gasteiger partial charge in [0.25, 0.3) is 0 Å². The van der Waals surface area contributed by atoms with Crippen LogP contribution in [0.15, 0.2) is 0 Å². The van der Waals surface area contributed by atoms with Crippen LogP contribution in [0, 0.1) is 0 Å². The van der Waals surface area contributed by atoms with Crippen LogP contribution in [0.2, 0.25) is 0 Å². The van der Waals surface area contributed by atoms with Crippen molar-refractivity contribution in [2.24, 2.45) is 0 Å². The number of nitrogens with zero attached hydrogens (tertiary/aromatic N) is 2. The molecule has 0 saturated carbocycles. The van der Waals surface area contributed by atoms with Gasteiger partial charge in [0, 0.05) is 26.2 Å². The van der Waals surface area contributed by atoms with Gasteiger partial charge in [0.15, 0.2) is 0 Å². The smallest absolute Gasteiger partial charge is 0.320 e. The van der Waals surface area contributed by atoms with E-state index in [1.54, 1.807) is 0 Å². The van der Waals surface area contributed by atoms with E-state index in [1.165, 1.54) is 7.11 Å². The lowest BCUT2D eigenvalue weighted by Crippen LogP contribution is -2.50. The van der Waals surface area contributed by atoms with Crippen LogP contribution in [0.1, 0.15) is 25.7 Å². The molecule has 0 aromatic heterocycles. The van der Waals surface area contributed by atoms with Crippen LogP contribution in [-0.4, -0.2) is 72.2 Å². The molecule has 1 N–H and O–H groups in total. The Kier molecular flexibility index (Phi) is 4.76. The highest BCUT2D eigenvalue weighted by Gasteiger charge is 2.37. The van der Waals surface area contributed by atoms with Crippen LogP contribution in [0.4, 0.5) is 0 Å². The summed E-state index contributed by atoms with van der Waals surface area (Å²) >= 11 is 0. The fourth-order valence-electron chi connectivity index (χ4n) is 3.15. The number of ether oxygens (including phenoxy) is 1. The molecule has 0 aromatic carbocycles. The zero-order valence-electron chi connectivity index (χ0n) is 11.4. The molecule has 2 aliphatic rings. The number of amides is 1. The number of carboxylic acid groups (broad SMARTS) is 1. The minimum Gasteiger partial charge on any atom is -0.480 e. The van der Waals surface area contributed by atoms with E-state index in [-0.39, 0.29) is 18.6 Å². The molecule has 2 aliphatic heterocycles. The van der Waals surface area contributed by atoms with E-state index >= 15 is 0 Å². The molecule has 2 saturated heterocycles. The summed E-state index contributed by atoms with van der Waals surface area (Å²) < 4.78 is 4.85. The minimum absolute atomic E-state index is 0.0251. The maximum absolute atomic E-state index is 11.7. The Bertz CT molecular complexity index is 340. The van der Waals surface area contributed by atoms with Gasteiger partial charge in [-0.1, -0.05) is 0 Å². The molecule has 108 valence electrons. The fourth-order valence-corrected chi connectivity index (χ4v) is 3.15. The molecule has 2 heterocycles. The van der Waals surface area contributed by atoms with Crippen molar-refractivity contribution in [2.75, 3.05) is 33.4 Å². The number of hydrogen-bond acceptors (Lipinski definition) is 4. The largest absolute Gasteiger partial charge is 0.480 e. The molecule has 1 amide bonds. The van der Waals surface area contributed by atoms with Gasteiger partial charge in [-0.2, -0.15) is 0 Å². The Hall–Kier alpha value is -1.14. The zero-order valence-corrected chi connectivity index (χ0v) is 11.4. The van der Waals surface area contributed by atoms with E-state index < -0.39 is 5.97 Å². The third-order valence-electron chi connectivity index (χ3n) is 4.13. The molecule has 0 bridgehead atoms. The number of aliphatic carboxylic acids is 1. The van der Waals surface area contributed by atoms with Crippen molar-refractivity contribution < 1.29 is 19.4 Å². The second-order valence-electron chi connectivity index (χ2n) is 5.28. The summed E-state index contributed by atoms with van der Waals surface area (Å²) in [5, 5.41) is 9.20. The SMILES string of the molecule is COCC(=O)N1CCC(N2CCCC2C(=O)O)CC1. The second-order valence-corrected chi connectivity index (χ2v) is 5.28. The molecule has 2 fully saturated rings. The summed E-state index contributed by atoms with van der Waals surface area (Å²) in [4.78, 5) is 26.8. The van der Waals surface area contributed by atoms with E-state index in [0.717, 1.165) is 32.2 Å². The molecule has 0 spiro atoms. The van der Waals surface area contributed by atoms with E-state index in [9.17, 15) is 14.7 Å². The quantitative estimate of drug-likeness (QED) is 0.788. The third kappa shape index (κ3) is 3.25.